The zero-order valence-electron chi connectivity index (χ0n) is 16.7. The van der Waals surface area contributed by atoms with Gasteiger partial charge in [0.25, 0.3) is 5.91 Å². The van der Waals surface area contributed by atoms with Crippen LogP contribution in [0.25, 0.3) is 0 Å². The smallest absolute Gasteiger partial charge is 0.337 e. The van der Waals surface area contributed by atoms with Crippen molar-refractivity contribution in [2.45, 2.75) is 32.1 Å². The van der Waals surface area contributed by atoms with Crippen molar-refractivity contribution in [2.75, 3.05) is 25.6 Å². The second kappa shape index (κ2) is 9.51. The molecule has 1 aliphatic heterocycles. The molecule has 1 aromatic rings. The Morgan fingerprint density at radius 3 is 2.20 bits per heavy atom. The summed E-state index contributed by atoms with van der Waals surface area (Å²) < 4.78 is 9.52. The van der Waals surface area contributed by atoms with Crippen LogP contribution in [-0.2, 0) is 28.7 Å². The number of carbonyl (C=O) groups is 5. The molecule has 0 unspecified atom stereocenters. The Bertz CT molecular complexity index is 825. The molecular weight excluding hydrogens is 392 g/mol. The molecule has 160 valence electrons. The Kier molecular flexibility index (Phi) is 6.81. The fourth-order valence-corrected chi connectivity index (χ4v) is 3.88. The van der Waals surface area contributed by atoms with Gasteiger partial charge in [0.2, 0.25) is 11.8 Å². The zero-order valence-corrected chi connectivity index (χ0v) is 16.7. The minimum absolute atomic E-state index is 0.0277. The average Bonchev–Trinajstić information content (AvgIpc) is 3.01. The molecular formula is C21H24N2O7. The van der Waals surface area contributed by atoms with Gasteiger partial charge in [-0.3, -0.25) is 24.1 Å². The molecule has 0 aromatic heterocycles. The third-order valence-electron chi connectivity index (χ3n) is 5.43. The first kappa shape index (κ1) is 21.5. The van der Waals surface area contributed by atoms with E-state index < -0.39 is 24.5 Å². The SMILES string of the molecule is COC(=O)c1ccc(NC(=O)COC(=O)CCN2C(=O)[C@H]3CCCC[C@H]3C2=O)cc1. The van der Waals surface area contributed by atoms with Gasteiger partial charge in [-0.2, -0.15) is 0 Å². The molecule has 1 heterocycles. The highest BCUT2D eigenvalue weighted by Crippen LogP contribution is 2.37. The summed E-state index contributed by atoms with van der Waals surface area (Å²) in [6, 6.07) is 6.04. The molecule has 1 saturated carbocycles. The maximum Gasteiger partial charge on any atom is 0.337 e. The van der Waals surface area contributed by atoms with Crippen LogP contribution in [0.15, 0.2) is 24.3 Å². The van der Waals surface area contributed by atoms with Crippen molar-refractivity contribution in [1.29, 1.82) is 0 Å². The van der Waals surface area contributed by atoms with Crippen molar-refractivity contribution in [2.24, 2.45) is 11.8 Å². The van der Waals surface area contributed by atoms with E-state index in [0.717, 1.165) is 30.6 Å². The summed E-state index contributed by atoms with van der Waals surface area (Å²) >= 11 is 0. The first-order valence-electron chi connectivity index (χ1n) is 9.89. The molecule has 1 saturated heterocycles. The fraction of sp³-hybridized carbons (Fsp3) is 0.476. The molecule has 9 nitrogen and oxygen atoms in total. The van der Waals surface area contributed by atoms with Crippen LogP contribution in [0.2, 0.25) is 0 Å². The third kappa shape index (κ3) is 4.84. The van der Waals surface area contributed by atoms with Crippen LogP contribution in [0.5, 0.6) is 0 Å². The molecule has 1 aliphatic carbocycles. The van der Waals surface area contributed by atoms with E-state index >= 15 is 0 Å². The van der Waals surface area contributed by atoms with E-state index in [0.29, 0.717) is 11.3 Å². The molecule has 0 radical (unpaired) electrons. The number of nitrogens with one attached hydrogen (secondary N) is 1. The van der Waals surface area contributed by atoms with Crippen molar-refractivity contribution < 1.29 is 33.4 Å². The predicted molar refractivity (Wildman–Crippen MR) is 104 cm³/mol. The lowest BCUT2D eigenvalue weighted by Crippen LogP contribution is -2.33. The van der Waals surface area contributed by atoms with Gasteiger partial charge in [0.1, 0.15) is 0 Å². The summed E-state index contributed by atoms with van der Waals surface area (Å²) in [5.74, 6) is -2.61. The van der Waals surface area contributed by atoms with Crippen LogP contribution >= 0.6 is 0 Å². The van der Waals surface area contributed by atoms with Crippen LogP contribution in [0, 0.1) is 11.8 Å². The van der Waals surface area contributed by atoms with Crippen LogP contribution in [0.3, 0.4) is 0 Å². The van der Waals surface area contributed by atoms with Crippen molar-refractivity contribution in [3.63, 3.8) is 0 Å². The lowest BCUT2D eigenvalue weighted by molar-refractivity contribution is -0.148. The van der Waals surface area contributed by atoms with Crippen LogP contribution in [0.4, 0.5) is 5.69 Å². The summed E-state index contributed by atoms with van der Waals surface area (Å²) in [7, 11) is 1.27. The number of hydrogen-bond acceptors (Lipinski definition) is 7. The number of hydrogen-bond donors (Lipinski definition) is 1. The van der Waals surface area contributed by atoms with E-state index in [1.807, 2.05) is 0 Å². The number of fused-ring (bicyclic) bond motifs is 1. The molecule has 3 rings (SSSR count). The van der Waals surface area contributed by atoms with Gasteiger partial charge in [-0.05, 0) is 37.1 Å². The summed E-state index contributed by atoms with van der Waals surface area (Å²) in [5.41, 5.74) is 0.771. The second-order valence-corrected chi connectivity index (χ2v) is 7.35. The Balaban J connectivity index is 1.41. The maximum atomic E-state index is 12.4. The lowest BCUT2D eigenvalue weighted by atomic mass is 9.81. The molecule has 1 N–H and O–H groups in total. The van der Waals surface area contributed by atoms with Gasteiger partial charge >= 0.3 is 11.9 Å². The molecule has 1 aromatic carbocycles. The molecule has 3 amide bonds. The number of likely N-dealkylation sites (tertiary alicyclic amines) is 1. The summed E-state index contributed by atoms with van der Waals surface area (Å²) in [5, 5.41) is 2.54. The number of rotatable bonds is 7. The average molecular weight is 416 g/mol. The van der Waals surface area contributed by atoms with Crippen molar-refractivity contribution in [1.82, 2.24) is 4.90 Å². The first-order chi connectivity index (χ1) is 14.4. The molecule has 2 atom stereocenters. The van der Waals surface area contributed by atoms with Crippen LogP contribution < -0.4 is 5.32 Å². The van der Waals surface area contributed by atoms with E-state index in [9.17, 15) is 24.0 Å². The quantitative estimate of drug-likeness (QED) is 0.529. The lowest BCUT2D eigenvalue weighted by Gasteiger charge is -2.19. The second-order valence-electron chi connectivity index (χ2n) is 7.35. The van der Waals surface area contributed by atoms with E-state index in [1.165, 1.54) is 31.4 Å². The topological polar surface area (TPSA) is 119 Å². The highest BCUT2D eigenvalue weighted by molar-refractivity contribution is 6.05. The standard InChI is InChI=1S/C21H24N2O7/c1-29-21(28)13-6-8-14(9-7-13)22-17(24)12-30-18(25)10-11-23-19(26)15-4-2-3-5-16(15)20(23)27/h6-9,15-16H,2-5,10-12H2,1H3,(H,22,24)/t15-,16+. The Morgan fingerprint density at radius 2 is 1.63 bits per heavy atom. The van der Waals surface area contributed by atoms with Gasteiger partial charge in [0.05, 0.1) is 30.9 Å². The number of imide groups is 1. The molecule has 2 fully saturated rings. The van der Waals surface area contributed by atoms with Crippen molar-refractivity contribution in [3.8, 4) is 0 Å². The Labute approximate surface area is 173 Å². The summed E-state index contributed by atoms with van der Waals surface area (Å²) in [4.78, 5) is 61.2. The number of benzene rings is 1. The summed E-state index contributed by atoms with van der Waals surface area (Å²) in [6.07, 6.45) is 3.17. The monoisotopic (exact) mass is 416 g/mol. The predicted octanol–water partition coefficient (Wildman–Crippen LogP) is 1.52. The van der Waals surface area contributed by atoms with Gasteiger partial charge in [-0.25, -0.2) is 4.79 Å². The summed E-state index contributed by atoms with van der Waals surface area (Å²) in [6.45, 7) is -0.523. The number of amides is 3. The van der Waals surface area contributed by atoms with Gasteiger partial charge in [-0.1, -0.05) is 12.8 Å². The van der Waals surface area contributed by atoms with Crippen molar-refractivity contribution in [3.05, 3.63) is 29.8 Å². The normalized spacial score (nSPS) is 20.5. The highest BCUT2D eigenvalue weighted by atomic mass is 16.5. The Morgan fingerprint density at radius 1 is 1.03 bits per heavy atom. The van der Waals surface area contributed by atoms with Crippen molar-refractivity contribution >= 4 is 35.3 Å². The van der Waals surface area contributed by atoms with Gasteiger partial charge in [-0.15, -0.1) is 0 Å². The maximum absolute atomic E-state index is 12.4. The Hall–Kier alpha value is -3.23. The first-order valence-corrected chi connectivity index (χ1v) is 9.89. The van der Waals surface area contributed by atoms with E-state index in [4.69, 9.17) is 4.74 Å². The van der Waals surface area contributed by atoms with E-state index in [-0.39, 0.29) is 36.6 Å². The molecule has 0 spiro atoms. The molecule has 2 aliphatic rings. The molecule has 30 heavy (non-hydrogen) atoms. The number of carbonyl (C=O) groups excluding carboxylic acids is 5. The fourth-order valence-electron chi connectivity index (χ4n) is 3.88. The van der Waals surface area contributed by atoms with E-state index in [1.54, 1.807) is 0 Å². The largest absolute Gasteiger partial charge is 0.465 e. The minimum atomic E-state index is -0.665. The number of esters is 2. The van der Waals surface area contributed by atoms with Crippen LogP contribution in [0.1, 0.15) is 42.5 Å². The molecule has 0 bridgehead atoms. The third-order valence-corrected chi connectivity index (χ3v) is 5.43. The van der Waals surface area contributed by atoms with Crippen LogP contribution in [-0.4, -0.2) is 54.8 Å². The minimum Gasteiger partial charge on any atom is -0.465 e. The van der Waals surface area contributed by atoms with Gasteiger partial charge in [0, 0.05) is 12.2 Å². The number of ether oxygens (including phenoxy) is 2. The highest BCUT2D eigenvalue weighted by Gasteiger charge is 2.47. The van der Waals surface area contributed by atoms with Gasteiger partial charge < -0.3 is 14.8 Å². The molecule has 9 heteroatoms. The number of methoxy groups -OCH3 is 1. The van der Waals surface area contributed by atoms with Gasteiger partial charge in [0.15, 0.2) is 6.61 Å². The number of nitrogens with zero attached hydrogens (tertiary/aromatic N) is 1. The zero-order chi connectivity index (χ0) is 21.7. The number of anilines is 1. The van der Waals surface area contributed by atoms with E-state index in [2.05, 4.69) is 10.1 Å².